The van der Waals surface area contributed by atoms with E-state index < -0.39 is 5.97 Å². The number of fused-ring (bicyclic) bond motifs is 1. The van der Waals surface area contributed by atoms with Crippen molar-refractivity contribution in [1.82, 2.24) is 4.98 Å². The van der Waals surface area contributed by atoms with Crippen molar-refractivity contribution in [2.24, 2.45) is 0 Å². The predicted molar refractivity (Wildman–Crippen MR) is 93.6 cm³/mol. The molecule has 0 amide bonds. The zero-order chi connectivity index (χ0) is 17.1. The summed E-state index contributed by atoms with van der Waals surface area (Å²) >= 11 is 0. The number of hydrogen-bond donors (Lipinski definition) is 0. The van der Waals surface area contributed by atoms with Crippen LogP contribution in [0.5, 0.6) is 0 Å². The van der Waals surface area contributed by atoms with Gasteiger partial charge < -0.3 is 4.74 Å². The molecule has 0 aliphatic heterocycles. The van der Waals surface area contributed by atoms with Gasteiger partial charge in [0.05, 0.1) is 6.20 Å². The molecule has 1 aliphatic rings. The number of carbonyl (C=O) groups excluding carboxylic acids is 1. The normalized spacial score (nSPS) is 15.0. The van der Waals surface area contributed by atoms with Crippen molar-refractivity contribution >= 4 is 12.0 Å². The number of aromatic nitrogens is 2. The lowest BCUT2D eigenvalue weighted by molar-refractivity contribution is -0.689. The minimum Gasteiger partial charge on any atom is -0.448 e. The average Bonchev–Trinajstić information content (AvgIpc) is 3.06. The maximum atomic E-state index is 12.5. The molecule has 3 aromatic rings. The Morgan fingerprint density at radius 1 is 1.08 bits per heavy atom. The Hall–Kier alpha value is -3.27. The highest BCUT2D eigenvalue weighted by Crippen LogP contribution is 2.31. The third-order valence-corrected chi connectivity index (χ3v) is 4.16. The van der Waals surface area contributed by atoms with Crippen molar-refractivity contribution in [2.45, 2.75) is 12.6 Å². The molecule has 0 saturated carbocycles. The lowest BCUT2D eigenvalue weighted by Gasteiger charge is -2.11. The molecule has 1 aliphatic carbocycles. The molecule has 1 aromatic heterocycles. The summed E-state index contributed by atoms with van der Waals surface area (Å²) in [6, 6.07) is 18.0. The van der Waals surface area contributed by atoms with E-state index in [2.05, 4.69) is 4.98 Å². The van der Waals surface area contributed by atoms with Crippen LogP contribution in [0.15, 0.2) is 79.3 Å². The molecule has 1 unspecified atom stereocenters. The molecule has 0 bridgehead atoms. The lowest BCUT2D eigenvalue weighted by Crippen LogP contribution is -2.35. The summed E-state index contributed by atoms with van der Waals surface area (Å²) in [6.45, 7) is 0.676. The minimum absolute atomic E-state index is 0.302. The number of ether oxygens (including phenoxy) is 1. The number of hydrogen-bond acceptors (Lipinski definition) is 3. The Morgan fingerprint density at radius 2 is 1.88 bits per heavy atom. The topological polar surface area (TPSA) is 43.1 Å². The molecule has 0 radical (unpaired) electrons. The van der Waals surface area contributed by atoms with Crippen LogP contribution < -0.4 is 4.57 Å². The van der Waals surface area contributed by atoms with Gasteiger partial charge in [-0.05, 0) is 11.6 Å². The van der Waals surface area contributed by atoms with Gasteiger partial charge in [0.2, 0.25) is 11.9 Å². The van der Waals surface area contributed by atoms with Crippen molar-refractivity contribution in [3.8, 4) is 0 Å². The van der Waals surface area contributed by atoms with Crippen molar-refractivity contribution in [3.05, 3.63) is 102 Å². The fourth-order valence-electron chi connectivity index (χ4n) is 2.93. The quantitative estimate of drug-likeness (QED) is 0.545. The van der Waals surface area contributed by atoms with Crippen molar-refractivity contribution in [2.75, 3.05) is 0 Å². The summed E-state index contributed by atoms with van der Waals surface area (Å²) < 4.78 is 7.56. The number of benzene rings is 2. The Morgan fingerprint density at radius 3 is 2.76 bits per heavy atom. The lowest BCUT2D eigenvalue weighted by atomic mass is 10.1. The van der Waals surface area contributed by atoms with E-state index >= 15 is 0 Å². The second-order valence-electron chi connectivity index (χ2n) is 5.91. The van der Waals surface area contributed by atoms with Gasteiger partial charge in [0.25, 0.3) is 0 Å². The zero-order valence-electron chi connectivity index (χ0n) is 13.6. The first-order chi connectivity index (χ1) is 12.3. The summed E-state index contributed by atoms with van der Waals surface area (Å²) in [6.07, 6.45) is 8.70. The molecule has 4 rings (SSSR count). The van der Waals surface area contributed by atoms with Crippen LogP contribution in [0.4, 0.5) is 0 Å². The Kier molecular flexibility index (Phi) is 4.09. The molecular formula is C21H17N2O2+. The minimum atomic E-state index is -0.422. The first kappa shape index (κ1) is 15.3. The van der Waals surface area contributed by atoms with Crippen molar-refractivity contribution in [3.63, 3.8) is 0 Å². The van der Waals surface area contributed by atoms with Crippen LogP contribution in [-0.2, 0) is 11.3 Å². The highest BCUT2D eigenvalue weighted by atomic mass is 16.5. The van der Waals surface area contributed by atoms with Gasteiger partial charge in [-0.3, -0.25) is 0 Å². The van der Waals surface area contributed by atoms with Gasteiger partial charge in [-0.2, -0.15) is 4.57 Å². The van der Waals surface area contributed by atoms with E-state index in [1.165, 1.54) is 0 Å². The number of nitrogens with zero attached hydrogens (tertiary/aromatic N) is 2. The molecular weight excluding hydrogens is 312 g/mol. The molecule has 4 nitrogen and oxygen atoms in total. The average molecular weight is 329 g/mol. The van der Waals surface area contributed by atoms with Crippen LogP contribution in [-0.4, -0.2) is 11.0 Å². The smallest absolute Gasteiger partial charge is 0.364 e. The highest BCUT2D eigenvalue weighted by Gasteiger charge is 2.23. The molecule has 4 heteroatoms. The van der Waals surface area contributed by atoms with E-state index in [0.29, 0.717) is 12.2 Å². The fraction of sp³-hybridized carbons (Fsp3) is 0.0952. The fourth-order valence-corrected chi connectivity index (χ4v) is 2.93. The summed E-state index contributed by atoms with van der Waals surface area (Å²) in [7, 11) is 0. The SMILES string of the molecule is O=C(OC1C=Cc2ccccc21)c1c[n+](Cc2ccccc2)ccn1. The highest BCUT2D eigenvalue weighted by molar-refractivity contribution is 5.87. The zero-order valence-corrected chi connectivity index (χ0v) is 13.6. The van der Waals surface area contributed by atoms with Gasteiger partial charge in [0.15, 0.2) is 12.7 Å². The maximum absolute atomic E-state index is 12.5. The molecule has 122 valence electrons. The monoisotopic (exact) mass is 329 g/mol. The molecule has 0 saturated heterocycles. The Balaban J connectivity index is 1.50. The predicted octanol–water partition coefficient (Wildman–Crippen LogP) is 3.34. The third kappa shape index (κ3) is 3.33. The van der Waals surface area contributed by atoms with Gasteiger partial charge in [-0.25, -0.2) is 9.78 Å². The maximum Gasteiger partial charge on any atom is 0.364 e. The Labute approximate surface area is 146 Å². The van der Waals surface area contributed by atoms with E-state index in [9.17, 15) is 4.79 Å². The molecule has 0 fully saturated rings. The van der Waals surface area contributed by atoms with E-state index in [1.54, 1.807) is 12.4 Å². The second-order valence-corrected chi connectivity index (χ2v) is 5.91. The molecule has 0 spiro atoms. The van der Waals surface area contributed by atoms with Gasteiger partial charge in [0, 0.05) is 11.1 Å². The third-order valence-electron chi connectivity index (χ3n) is 4.16. The van der Waals surface area contributed by atoms with Crippen molar-refractivity contribution < 1.29 is 14.1 Å². The standard InChI is InChI=1S/C21H17N2O2/c24-21(25-20-11-10-17-8-4-5-9-18(17)20)19-15-23(13-12-22-19)14-16-6-2-1-3-7-16/h1-13,15,20H,14H2/q+1. The van der Waals surface area contributed by atoms with Crippen LogP contribution in [0.1, 0.15) is 33.3 Å². The largest absolute Gasteiger partial charge is 0.448 e. The van der Waals surface area contributed by atoms with Crippen LogP contribution in [0, 0.1) is 0 Å². The van der Waals surface area contributed by atoms with Gasteiger partial charge in [-0.1, -0.05) is 60.7 Å². The summed E-state index contributed by atoms with van der Waals surface area (Å²) in [5, 5.41) is 0. The molecule has 25 heavy (non-hydrogen) atoms. The first-order valence-corrected chi connectivity index (χ1v) is 8.17. The number of rotatable bonds is 4. The number of esters is 1. The molecule has 2 aromatic carbocycles. The van der Waals surface area contributed by atoms with Crippen LogP contribution in [0.2, 0.25) is 0 Å². The van der Waals surface area contributed by atoms with Gasteiger partial charge >= 0.3 is 5.97 Å². The van der Waals surface area contributed by atoms with E-state index in [1.807, 2.05) is 77.5 Å². The van der Waals surface area contributed by atoms with E-state index in [4.69, 9.17) is 4.74 Å². The van der Waals surface area contributed by atoms with Crippen molar-refractivity contribution in [1.29, 1.82) is 0 Å². The summed E-state index contributed by atoms with van der Waals surface area (Å²) in [5.41, 5.74) is 3.55. The van der Waals surface area contributed by atoms with Crippen LogP contribution in [0.25, 0.3) is 6.08 Å². The van der Waals surface area contributed by atoms with Gasteiger partial charge in [0.1, 0.15) is 6.10 Å². The number of carbonyl (C=O) groups is 1. The summed E-state index contributed by atoms with van der Waals surface area (Å²) in [5.74, 6) is -0.422. The van der Waals surface area contributed by atoms with Gasteiger partial charge in [-0.15, -0.1) is 0 Å². The van der Waals surface area contributed by atoms with E-state index in [-0.39, 0.29) is 6.10 Å². The second kappa shape index (κ2) is 6.69. The van der Waals surface area contributed by atoms with Crippen LogP contribution in [0.3, 0.4) is 0 Å². The molecule has 0 N–H and O–H groups in total. The molecule has 1 heterocycles. The van der Waals surface area contributed by atoms with E-state index in [0.717, 1.165) is 16.7 Å². The first-order valence-electron chi connectivity index (χ1n) is 8.17. The van der Waals surface area contributed by atoms with Crippen LogP contribution >= 0.6 is 0 Å². The Bertz CT molecular complexity index is 935. The summed E-state index contributed by atoms with van der Waals surface area (Å²) in [4.78, 5) is 16.6. The molecule has 1 atom stereocenters.